The largest absolute Gasteiger partial charge is 0.493 e. The third-order valence-corrected chi connectivity index (χ3v) is 4.06. The Morgan fingerprint density at radius 2 is 2.25 bits per heavy atom. The summed E-state index contributed by atoms with van der Waals surface area (Å²) in [5.74, 6) is 6.71. The Hall–Kier alpha value is -1.10. The van der Waals surface area contributed by atoms with Gasteiger partial charge in [-0.15, -0.1) is 0 Å². The molecule has 1 aromatic rings. The molecule has 0 radical (unpaired) electrons. The van der Waals surface area contributed by atoms with Gasteiger partial charge in [0.05, 0.1) is 12.2 Å². The van der Waals surface area contributed by atoms with E-state index in [0.29, 0.717) is 0 Å². The van der Waals surface area contributed by atoms with Gasteiger partial charge >= 0.3 is 0 Å². The van der Waals surface area contributed by atoms with Gasteiger partial charge in [-0.2, -0.15) is 0 Å². The molecule has 3 N–H and O–H groups in total. The first-order chi connectivity index (χ1) is 9.54. The van der Waals surface area contributed by atoms with Gasteiger partial charge in [0.1, 0.15) is 5.75 Å². The quantitative estimate of drug-likeness (QED) is 0.593. The fourth-order valence-corrected chi connectivity index (χ4v) is 2.66. The van der Waals surface area contributed by atoms with Crippen LogP contribution in [0.25, 0.3) is 0 Å². The van der Waals surface area contributed by atoms with Crippen molar-refractivity contribution in [2.75, 3.05) is 13.7 Å². The van der Waals surface area contributed by atoms with Gasteiger partial charge in [-0.1, -0.05) is 12.1 Å². The van der Waals surface area contributed by atoms with Gasteiger partial charge in [0.2, 0.25) is 0 Å². The molecule has 1 atom stereocenters. The highest BCUT2D eigenvalue weighted by molar-refractivity contribution is 5.39. The van der Waals surface area contributed by atoms with E-state index in [0.717, 1.165) is 38.0 Å². The van der Waals surface area contributed by atoms with Crippen molar-refractivity contribution in [1.82, 2.24) is 5.43 Å². The van der Waals surface area contributed by atoms with Crippen molar-refractivity contribution < 1.29 is 9.47 Å². The van der Waals surface area contributed by atoms with Crippen molar-refractivity contribution >= 4 is 0 Å². The molecule has 0 amide bonds. The van der Waals surface area contributed by atoms with Crippen LogP contribution in [-0.4, -0.2) is 25.4 Å². The minimum atomic E-state index is -0.150. The lowest BCUT2D eigenvalue weighted by Crippen LogP contribution is -2.41. The standard InChI is InChI=1S/C16H26N2O2/c1-16(2,19-3)11-14(18-17)6-4-12-5-7-15-13(10-12)8-9-20-15/h5,7,10,14,18H,4,6,8-9,11,17H2,1-3H3. The number of ether oxygens (including phenoxy) is 2. The minimum absolute atomic E-state index is 0.150. The summed E-state index contributed by atoms with van der Waals surface area (Å²) in [6, 6.07) is 6.76. The number of nitrogens with two attached hydrogens (primary N) is 1. The van der Waals surface area contributed by atoms with E-state index < -0.39 is 0 Å². The van der Waals surface area contributed by atoms with Crippen LogP contribution in [0.3, 0.4) is 0 Å². The van der Waals surface area contributed by atoms with Crippen molar-refractivity contribution in [3.05, 3.63) is 29.3 Å². The summed E-state index contributed by atoms with van der Waals surface area (Å²) in [6.45, 7) is 4.99. The van der Waals surface area contributed by atoms with Gasteiger partial charge in [-0.3, -0.25) is 11.3 Å². The smallest absolute Gasteiger partial charge is 0.122 e. The first-order valence-corrected chi connectivity index (χ1v) is 7.30. The topological polar surface area (TPSA) is 56.5 Å². The molecule has 112 valence electrons. The average Bonchev–Trinajstić information content (AvgIpc) is 2.90. The summed E-state index contributed by atoms with van der Waals surface area (Å²) < 4.78 is 11.0. The molecule has 0 aromatic heterocycles. The molecule has 0 spiro atoms. The third kappa shape index (κ3) is 3.95. The average molecular weight is 278 g/mol. The second kappa shape index (κ2) is 6.57. The molecule has 0 saturated heterocycles. The highest BCUT2D eigenvalue weighted by Crippen LogP contribution is 2.26. The van der Waals surface area contributed by atoms with Crippen LogP contribution >= 0.6 is 0 Å². The van der Waals surface area contributed by atoms with E-state index in [4.69, 9.17) is 15.3 Å². The molecule has 1 aromatic carbocycles. The summed E-state index contributed by atoms with van der Waals surface area (Å²) in [4.78, 5) is 0. The lowest BCUT2D eigenvalue weighted by Gasteiger charge is -2.28. The molecule has 2 rings (SSSR count). The van der Waals surface area contributed by atoms with Crippen molar-refractivity contribution in [3.8, 4) is 5.75 Å². The fraction of sp³-hybridized carbons (Fsp3) is 0.625. The zero-order valence-electron chi connectivity index (χ0n) is 12.7. The molecule has 1 heterocycles. The predicted octanol–water partition coefficient (Wildman–Crippen LogP) is 2.20. The maximum Gasteiger partial charge on any atom is 0.122 e. The van der Waals surface area contributed by atoms with E-state index in [1.165, 1.54) is 11.1 Å². The molecule has 1 aliphatic heterocycles. The molecular formula is C16H26N2O2. The van der Waals surface area contributed by atoms with E-state index in [1.807, 2.05) is 0 Å². The number of aryl methyl sites for hydroxylation is 1. The molecule has 4 nitrogen and oxygen atoms in total. The fourth-order valence-electron chi connectivity index (χ4n) is 2.66. The van der Waals surface area contributed by atoms with Crippen LogP contribution < -0.4 is 16.0 Å². The van der Waals surface area contributed by atoms with Gasteiger partial charge in [0.25, 0.3) is 0 Å². The molecule has 4 heteroatoms. The highest BCUT2D eigenvalue weighted by Gasteiger charge is 2.22. The summed E-state index contributed by atoms with van der Waals surface area (Å²) in [5.41, 5.74) is 5.44. The van der Waals surface area contributed by atoms with Crippen molar-refractivity contribution in [2.24, 2.45) is 5.84 Å². The van der Waals surface area contributed by atoms with Crippen LogP contribution in [0.2, 0.25) is 0 Å². The molecule has 20 heavy (non-hydrogen) atoms. The van der Waals surface area contributed by atoms with Gasteiger partial charge in [-0.05, 0) is 50.3 Å². The van der Waals surface area contributed by atoms with Crippen LogP contribution in [-0.2, 0) is 17.6 Å². The van der Waals surface area contributed by atoms with E-state index >= 15 is 0 Å². The molecule has 0 aliphatic carbocycles. The number of hydrogen-bond donors (Lipinski definition) is 2. The summed E-state index contributed by atoms with van der Waals surface area (Å²) in [7, 11) is 1.74. The van der Waals surface area contributed by atoms with Gasteiger partial charge in [0, 0.05) is 19.6 Å². The maximum absolute atomic E-state index is 5.66. The zero-order chi connectivity index (χ0) is 14.6. The molecule has 0 saturated carbocycles. The second-order valence-corrected chi connectivity index (χ2v) is 6.11. The van der Waals surface area contributed by atoms with E-state index in [2.05, 4.69) is 37.5 Å². The minimum Gasteiger partial charge on any atom is -0.493 e. The lowest BCUT2D eigenvalue weighted by atomic mass is 9.94. The molecule has 0 bridgehead atoms. The Morgan fingerprint density at radius 1 is 1.45 bits per heavy atom. The van der Waals surface area contributed by atoms with Gasteiger partial charge in [0.15, 0.2) is 0 Å². The SMILES string of the molecule is COC(C)(C)CC(CCc1ccc2c(c1)CCO2)NN. The summed E-state index contributed by atoms with van der Waals surface area (Å²) in [5, 5.41) is 0. The number of nitrogens with one attached hydrogen (secondary N) is 1. The Morgan fingerprint density at radius 3 is 2.95 bits per heavy atom. The van der Waals surface area contributed by atoms with Crippen molar-refractivity contribution in [2.45, 2.75) is 51.2 Å². The molecule has 1 aliphatic rings. The highest BCUT2D eigenvalue weighted by atomic mass is 16.5. The summed E-state index contributed by atoms with van der Waals surface area (Å²) in [6.07, 6.45) is 3.94. The Bertz CT molecular complexity index is 446. The Labute approximate surface area is 121 Å². The number of benzene rings is 1. The number of rotatable bonds is 7. The lowest BCUT2D eigenvalue weighted by molar-refractivity contribution is 0.00639. The number of fused-ring (bicyclic) bond motifs is 1. The summed E-state index contributed by atoms with van der Waals surface area (Å²) >= 11 is 0. The third-order valence-electron chi connectivity index (χ3n) is 4.06. The normalized spacial score (nSPS) is 15.8. The van der Waals surface area contributed by atoms with Crippen LogP contribution in [0.1, 0.15) is 37.8 Å². The number of hydrogen-bond acceptors (Lipinski definition) is 4. The van der Waals surface area contributed by atoms with E-state index in [9.17, 15) is 0 Å². The van der Waals surface area contributed by atoms with Gasteiger partial charge in [-0.25, -0.2) is 0 Å². The molecular weight excluding hydrogens is 252 g/mol. The number of hydrazine groups is 1. The first-order valence-electron chi connectivity index (χ1n) is 7.30. The monoisotopic (exact) mass is 278 g/mol. The maximum atomic E-state index is 5.66. The van der Waals surface area contributed by atoms with Crippen LogP contribution in [0.15, 0.2) is 18.2 Å². The Balaban J connectivity index is 1.90. The first kappa shape index (κ1) is 15.3. The van der Waals surface area contributed by atoms with E-state index in [1.54, 1.807) is 7.11 Å². The molecule has 0 fully saturated rings. The second-order valence-electron chi connectivity index (χ2n) is 6.11. The van der Waals surface area contributed by atoms with E-state index in [-0.39, 0.29) is 11.6 Å². The number of methoxy groups -OCH3 is 1. The Kier molecular flexibility index (Phi) is 5.02. The van der Waals surface area contributed by atoms with Crippen LogP contribution in [0.5, 0.6) is 5.75 Å². The predicted molar refractivity (Wildman–Crippen MR) is 80.8 cm³/mol. The zero-order valence-corrected chi connectivity index (χ0v) is 12.7. The van der Waals surface area contributed by atoms with Crippen LogP contribution in [0.4, 0.5) is 0 Å². The van der Waals surface area contributed by atoms with Crippen molar-refractivity contribution in [1.29, 1.82) is 0 Å². The van der Waals surface area contributed by atoms with Crippen LogP contribution in [0, 0.1) is 0 Å². The van der Waals surface area contributed by atoms with Crippen molar-refractivity contribution in [3.63, 3.8) is 0 Å². The molecule has 1 unspecified atom stereocenters. The van der Waals surface area contributed by atoms with Gasteiger partial charge < -0.3 is 9.47 Å².